The highest BCUT2D eigenvalue weighted by Crippen LogP contribution is 2.27. The Kier molecular flexibility index (Phi) is 6.49. The Hall–Kier alpha value is -2.26. The van der Waals surface area contributed by atoms with E-state index in [1.807, 2.05) is 0 Å². The Morgan fingerprint density at radius 2 is 2.08 bits per heavy atom. The van der Waals surface area contributed by atoms with Crippen molar-refractivity contribution >= 4 is 21.9 Å². The third-order valence-corrected chi connectivity index (χ3v) is 5.90. The molecular formula is C17H21FN2O5S. The van der Waals surface area contributed by atoms with E-state index in [2.05, 4.69) is 11.9 Å². The van der Waals surface area contributed by atoms with E-state index < -0.39 is 39.9 Å². The van der Waals surface area contributed by atoms with Gasteiger partial charge in [-0.05, 0) is 44.0 Å². The molecule has 0 aliphatic carbocycles. The van der Waals surface area contributed by atoms with Gasteiger partial charge in [0.2, 0.25) is 10.0 Å². The predicted molar refractivity (Wildman–Crippen MR) is 92.1 cm³/mol. The van der Waals surface area contributed by atoms with Gasteiger partial charge < -0.3 is 10.1 Å². The molecule has 0 saturated carbocycles. The first-order valence-corrected chi connectivity index (χ1v) is 9.58. The molecule has 1 aromatic rings. The zero-order chi connectivity index (χ0) is 19.3. The summed E-state index contributed by atoms with van der Waals surface area (Å²) in [7, 11) is -3.97. The first-order valence-electron chi connectivity index (χ1n) is 8.14. The minimum Gasteiger partial charge on any atom is -0.451 e. The molecule has 1 amide bonds. The summed E-state index contributed by atoms with van der Waals surface area (Å²) in [5.41, 5.74) is 0. The number of nitrogens with zero attached hydrogens (tertiary/aromatic N) is 1. The Labute approximate surface area is 151 Å². The van der Waals surface area contributed by atoms with Crippen LogP contribution >= 0.6 is 0 Å². The number of hydrogen-bond donors (Lipinski definition) is 1. The molecule has 1 saturated heterocycles. The maximum atomic E-state index is 13.0. The standard InChI is InChI=1S/C17H21FN2O5S/c1-3-10-19-16(21)12(2)25-17(22)15-5-4-11-20(15)26(23,24)14-8-6-13(18)7-9-14/h3,6-9,12,15H,1,4-5,10-11H2,2H3,(H,19,21)/t12-,15-/m0/s1. The maximum absolute atomic E-state index is 13.0. The molecule has 0 aromatic heterocycles. The number of rotatable bonds is 7. The second-order valence-corrected chi connectivity index (χ2v) is 7.73. The van der Waals surface area contributed by atoms with Gasteiger partial charge in [-0.15, -0.1) is 6.58 Å². The number of benzene rings is 1. The highest BCUT2D eigenvalue weighted by molar-refractivity contribution is 7.89. The van der Waals surface area contributed by atoms with E-state index in [-0.39, 0.29) is 18.0 Å². The van der Waals surface area contributed by atoms with Crippen molar-refractivity contribution in [3.63, 3.8) is 0 Å². The predicted octanol–water partition coefficient (Wildman–Crippen LogP) is 1.21. The van der Waals surface area contributed by atoms with Crippen LogP contribution in [-0.4, -0.2) is 49.8 Å². The number of amides is 1. The van der Waals surface area contributed by atoms with Gasteiger partial charge in [-0.1, -0.05) is 6.08 Å². The molecule has 0 bridgehead atoms. The molecule has 7 nitrogen and oxygen atoms in total. The largest absolute Gasteiger partial charge is 0.451 e. The van der Waals surface area contributed by atoms with Crippen molar-refractivity contribution < 1.29 is 27.1 Å². The monoisotopic (exact) mass is 384 g/mol. The van der Waals surface area contributed by atoms with Crippen LogP contribution in [0.15, 0.2) is 41.8 Å². The van der Waals surface area contributed by atoms with Crippen molar-refractivity contribution in [1.82, 2.24) is 9.62 Å². The normalized spacial score (nSPS) is 18.9. The van der Waals surface area contributed by atoms with Crippen LogP contribution in [0.4, 0.5) is 4.39 Å². The van der Waals surface area contributed by atoms with Gasteiger partial charge in [0.1, 0.15) is 11.9 Å². The number of carbonyl (C=O) groups excluding carboxylic acids is 2. The zero-order valence-electron chi connectivity index (χ0n) is 14.4. The molecule has 1 aromatic carbocycles. The number of nitrogens with one attached hydrogen (secondary N) is 1. The molecule has 1 fully saturated rings. The van der Waals surface area contributed by atoms with Crippen LogP contribution in [0, 0.1) is 5.82 Å². The van der Waals surface area contributed by atoms with Gasteiger partial charge in [0.05, 0.1) is 4.90 Å². The average molecular weight is 384 g/mol. The van der Waals surface area contributed by atoms with Gasteiger partial charge in [0, 0.05) is 13.1 Å². The lowest BCUT2D eigenvalue weighted by molar-refractivity contribution is -0.157. The van der Waals surface area contributed by atoms with E-state index in [1.54, 1.807) is 0 Å². The topological polar surface area (TPSA) is 92.8 Å². The molecule has 2 atom stereocenters. The van der Waals surface area contributed by atoms with Crippen molar-refractivity contribution in [3.05, 3.63) is 42.7 Å². The number of hydrogen-bond acceptors (Lipinski definition) is 5. The molecule has 142 valence electrons. The summed E-state index contributed by atoms with van der Waals surface area (Å²) in [5.74, 6) is -1.83. The minimum absolute atomic E-state index is 0.102. The maximum Gasteiger partial charge on any atom is 0.325 e. The number of carbonyl (C=O) groups is 2. The molecular weight excluding hydrogens is 363 g/mol. The first kappa shape index (κ1) is 20.1. The van der Waals surface area contributed by atoms with E-state index in [9.17, 15) is 22.4 Å². The molecule has 0 radical (unpaired) electrons. The van der Waals surface area contributed by atoms with Gasteiger partial charge in [-0.3, -0.25) is 9.59 Å². The fourth-order valence-electron chi connectivity index (χ4n) is 2.63. The molecule has 1 N–H and O–H groups in total. The summed E-state index contributed by atoms with van der Waals surface area (Å²) in [6.45, 7) is 5.26. The molecule has 9 heteroatoms. The lowest BCUT2D eigenvalue weighted by Gasteiger charge is -2.24. The highest BCUT2D eigenvalue weighted by atomic mass is 32.2. The SMILES string of the molecule is C=CCNC(=O)[C@H](C)OC(=O)[C@@H]1CCCN1S(=O)(=O)c1ccc(F)cc1. The Morgan fingerprint density at radius 3 is 2.69 bits per heavy atom. The van der Waals surface area contributed by atoms with Crippen molar-refractivity contribution in [2.24, 2.45) is 0 Å². The van der Waals surface area contributed by atoms with Crippen LogP contribution in [0.25, 0.3) is 0 Å². The first-order chi connectivity index (χ1) is 12.3. The fraction of sp³-hybridized carbons (Fsp3) is 0.412. The molecule has 1 aliphatic rings. The smallest absolute Gasteiger partial charge is 0.325 e. The Morgan fingerprint density at radius 1 is 1.42 bits per heavy atom. The Balaban J connectivity index is 2.11. The van der Waals surface area contributed by atoms with E-state index in [0.29, 0.717) is 12.8 Å². The van der Waals surface area contributed by atoms with Crippen LogP contribution in [0.5, 0.6) is 0 Å². The minimum atomic E-state index is -3.97. The Bertz CT molecular complexity index is 779. The number of sulfonamides is 1. The molecule has 2 rings (SSSR count). The van der Waals surface area contributed by atoms with Crippen LogP contribution in [-0.2, 0) is 24.3 Å². The van der Waals surface area contributed by atoms with E-state index in [1.165, 1.54) is 13.0 Å². The molecule has 0 unspecified atom stereocenters. The van der Waals surface area contributed by atoms with Crippen molar-refractivity contribution in [1.29, 1.82) is 0 Å². The second-order valence-electron chi connectivity index (χ2n) is 5.84. The van der Waals surface area contributed by atoms with Gasteiger partial charge in [0.25, 0.3) is 5.91 Å². The van der Waals surface area contributed by atoms with Crippen LogP contribution < -0.4 is 5.32 Å². The summed E-state index contributed by atoms with van der Waals surface area (Å²) < 4.78 is 44.7. The third-order valence-electron chi connectivity index (χ3n) is 3.98. The van der Waals surface area contributed by atoms with Crippen LogP contribution in [0.1, 0.15) is 19.8 Å². The van der Waals surface area contributed by atoms with Crippen molar-refractivity contribution in [2.75, 3.05) is 13.1 Å². The highest BCUT2D eigenvalue weighted by Gasteiger charge is 2.41. The van der Waals surface area contributed by atoms with Crippen molar-refractivity contribution in [2.45, 2.75) is 36.8 Å². The molecule has 1 heterocycles. The van der Waals surface area contributed by atoms with Gasteiger partial charge in [-0.25, -0.2) is 12.8 Å². The summed E-state index contributed by atoms with van der Waals surface area (Å²) >= 11 is 0. The zero-order valence-corrected chi connectivity index (χ0v) is 15.2. The van der Waals surface area contributed by atoms with Gasteiger partial charge in [0.15, 0.2) is 6.10 Å². The third kappa shape index (κ3) is 4.47. The van der Waals surface area contributed by atoms with Crippen LogP contribution in [0.2, 0.25) is 0 Å². The summed E-state index contributed by atoms with van der Waals surface area (Å²) in [6, 6.07) is 3.37. The molecule has 26 heavy (non-hydrogen) atoms. The summed E-state index contributed by atoms with van der Waals surface area (Å²) in [5, 5.41) is 2.50. The van der Waals surface area contributed by atoms with E-state index >= 15 is 0 Å². The number of ether oxygens (including phenoxy) is 1. The summed E-state index contributed by atoms with van der Waals surface area (Å²) in [6.07, 6.45) is 1.20. The lowest BCUT2D eigenvalue weighted by Crippen LogP contribution is -2.44. The number of esters is 1. The van der Waals surface area contributed by atoms with Crippen LogP contribution in [0.3, 0.4) is 0 Å². The summed E-state index contributed by atoms with van der Waals surface area (Å²) in [4.78, 5) is 24.1. The average Bonchev–Trinajstić information content (AvgIpc) is 3.10. The van der Waals surface area contributed by atoms with Crippen molar-refractivity contribution in [3.8, 4) is 0 Å². The van der Waals surface area contributed by atoms with E-state index in [4.69, 9.17) is 4.74 Å². The fourth-order valence-corrected chi connectivity index (χ4v) is 4.27. The lowest BCUT2D eigenvalue weighted by atomic mass is 10.2. The molecule has 1 aliphatic heterocycles. The quantitative estimate of drug-likeness (QED) is 0.564. The van der Waals surface area contributed by atoms with Gasteiger partial charge >= 0.3 is 5.97 Å². The number of halogens is 1. The van der Waals surface area contributed by atoms with E-state index in [0.717, 1.165) is 28.6 Å². The molecule has 0 spiro atoms. The van der Waals surface area contributed by atoms with Gasteiger partial charge in [-0.2, -0.15) is 4.31 Å². The second kappa shape index (κ2) is 8.41.